The lowest BCUT2D eigenvalue weighted by molar-refractivity contribution is 0.300. The van der Waals surface area contributed by atoms with Crippen molar-refractivity contribution in [1.29, 1.82) is 0 Å². The molecular weight excluding hydrogens is 270 g/mol. The third-order valence-electron chi connectivity index (χ3n) is 3.39. The fourth-order valence-electron chi connectivity index (χ4n) is 1.99. The van der Waals surface area contributed by atoms with Crippen LogP contribution in [-0.2, 0) is 6.61 Å². The normalized spacial score (nSPS) is 12.2. The van der Waals surface area contributed by atoms with Gasteiger partial charge < -0.3 is 10.1 Å². The number of aryl methyl sites for hydroxylation is 1. The molecule has 0 radical (unpaired) electrons. The Balaban J connectivity index is 2.14. The number of halogens is 1. The number of benzene rings is 2. The van der Waals surface area contributed by atoms with E-state index in [0.29, 0.717) is 6.61 Å². The van der Waals surface area contributed by atoms with E-state index in [0.717, 1.165) is 21.9 Å². The molecule has 0 heterocycles. The molecule has 3 heteroatoms. The summed E-state index contributed by atoms with van der Waals surface area (Å²) >= 11 is 6.07. The first-order valence-electron chi connectivity index (χ1n) is 6.75. The zero-order chi connectivity index (χ0) is 14.5. The van der Waals surface area contributed by atoms with E-state index in [4.69, 9.17) is 16.3 Å². The molecule has 0 saturated heterocycles. The molecule has 2 rings (SSSR count). The van der Waals surface area contributed by atoms with E-state index in [-0.39, 0.29) is 6.04 Å². The largest absolute Gasteiger partial charge is 0.489 e. The summed E-state index contributed by atoms with van der Waals surface area (Å²) in [6.45, 7) is 4.73. The van der Waals surface area contributed by atoms with E-state index in [1.807, 2.05) is 25.2 Å². The number of rotatable bonds is 5. The Bertz CT molecular complexity index is 566. The maximum Gasteiger partial charge on any atom is 0.124 e. The molecule has 0 fully saturated rings. The highest BCUT2D eigenvalue weighted by Gasteiger charge is 2.11. The lowest BCUT2D eigenvalue weighted by Crippen LogP contribution is -2.13. The van der Waals surface area contributed by atoms with Crippen molar-refractivity contribution in [2.45, 2.75) is 26.5 Å². The van der Waals surface area contributed by atoms with Gasteiger partial charge >= 0.3 is 0 Å². The minimum atomic E-state index is 0.196. The Morgan fingerprint density at radius 1 is 1.15 bits per heavy atom. The van der Waals surface area contributed by atoms with Crippen molar-refractivity contribution in [2.75, 3.05) is 7.05 Å². The summed E-state index contributed by atoms with van der Waals surface area (Å²) < 4.78 is 5.94. The Hall–Kier alpha value is -1.51. The molecule has 0 bridgehead atoms. The van der Waals surface area contributed by atoms with Crippen LogP contribution in [0.25, 0.3) is 0 Å². The summed E-state index contributed by atoms with van der Waals surface area (Å²) in [5.41, 5.74) is 3.49. The second kappa shape index (κ2) is 6.78. The van der Waals surface area contributed by atoms with Gasteiger partial charge in [0.2, 0.25) is 0 Å². The van der Waals surface area contributed by atoms with Gasteiger partial charge in [-0.15, -0.1) is 0 Å². The number of hydrogen-bond acceptors (Lipinski definition) is 2. The SMILES string of the molecule is CNC(C)c1cc(Cl)ccc1OCc1ccc(C)cc1. The van der Waals surface area contributed by atoms with E-state index < -0.39 is 0 Å². The van der Waals surface area contributed by atoms with Gasteiger partial charge in [-0.3, -0.25) is 0 Å². The highest BCUT2D eigenvalue weighted by molar-refractivity contribution is 6.30. The maximum atomic E-state index is 6.07. The Morgan fingerprint density at radius 3 is 2.50 bits per heavy atom. The minimum Gasteiger partial charge on any atom is -0.489 e. The van der Waals surface area contributed by atoms with E-state index >= 15 is 0 Å². The smallest absolute Gasteiger partial charge is 0.124 e. The van der Waals surface area contributed by atoms with Crippen LogP contribution < -0.4 is 10.1 Å². The Kier molecular flexibility index (Phi) is 5.05. The molecule has 20 heavy (non-hydrogen) atoms. The fourth-order valence-corrected chi connectivity index (χ4v) is 2.17. The maximum absolute atomic E-state index is 6.07. The molecule has 0 saturated carbocycles. The van der Waals surface area contributed by atoms with Crippen molar-refractivity contribution in [3.8, 4) is 5.75 Å². The van der Waals surface area contributed by atoms with Gasteiger partial charge in [-0.05, 0) is 44.7 Å². The first-order chi connectivity index (χ1) is 9.60. The van der Waals surface area contributed by atoms with Crippen molar-refractivity contribution < 1.29 is 4.74 Å². The quantitative estimate of drug-likeness (QED) is 0.874. The molecule has 1 N–H and O–H groups in total. The van der Waals surface area contributed by atoms with Gasteiger partial charge in [0.15, 0.2) is 0 Å². The van der Waals surface area contributed by atoms with Crippen LogP contribution in [0.2, 0.25) is 5.02 Å². The number of hydrogen-bond donors (Lipinski definition) is 1. The van der Waals surface area contributed by atoms with Crippen LogP contribution in [0.1, 0.15) is 29.7 Å². The van der Waals surface area contributed by atoms with Crippen LogP contribution in [-0.4, -0.2) is 7.05 Å². The van der Waals surface area contributed by atoms with Gasteiger partial charge in [-0.25, -0.2) is 0 Å². The van der Waals surface area contributed by atoms with E-state index in [1.54, 1.807) is 0 Å². The van der Waals surface area contributed by atoms with Gasteiger partial charge in [0.25, 0.3) is 0 Å². The highest BCUT2D eigenvalue weighted by atomic mass is 35.5. The molecule has 1 atom stereocenters. The number of ether oxygens (including phenoxy) is 1. The summed E-state index contributed by atoms with van der Waals surface area (Å²) in [7, 11) is 1.93. The van der Waals surface area contributed by atoms with Gasteiger partial charge in [-0.1, -0.05) is 41.4 Å². The summed E-state index contributed by atoms with van der Waals surface area (Å²) in [4.78, 5) is 0. The Morgan fingerprint density at radius 2 is 1.85 bits per heavy atom. The van der Waals surface area contributed by atoms with Crippen LogP contribution in [0.15, 0.2) is 42.5 Å². The molecule has 0 aliphatic rings. The Labute approximate surface area is 125 Å². The van der Waals surface area contributed by atoms with Gasteiger partial charge in [0.05, 0.1) is 0 Å². The van der Waals surface area contributed by atoms with Crippen LogP contribution >= 0.6 is 11.6 Å². The molecule has 0 aromatic heterocycles. The van der Waals surface area contributed by atoms with E-state index in [2.05, 4.69) is 43.4 Å². The third-order valence-corrected chi connectivity index (χ3v) is 3.62. The molecule has 2 nitrogen and oxygen atoms in total. The van der Waals surface area contributed by atoms with Crippen molar-refractivity contribution in [1.82, 2.24) is 5.32 Å². The average molecular weight is 290 g/mol. The molecule has 2 aromatic rings. The molecule has 1 unspecified atom stereocenters. The summed E-state index contributed by atoms with van der Waals surface area (Å²) in [5.74, 6) is 0.872. The average Bonchev–Trinajstić information content (AvgIpc) is 2.46. The minimum absolute atomic E-state index is 0.196. The van der Waals surface area contributed by atoms with Crippen molar-refractivity contribution in [3.63, 3.8) is 0 Å². The molecular formula is C17H20ClNO. The number of nitrogens with one attached hydrogen (secondary N) is 1. The van der Waals surface area contributed by atoms with Crippen LogP contribution in [0, 0.1) is 6.92 Å². The van der Waals surface area contributed by atoms with Crippen LogP contribution in [0.4, 0.5) is 0 Å². The molecule has 106 valence electrons. The van der Waals surface area contributed by atoms with Gasteiger partial charge in [0, 0.05) is 16.6 Å². The zero-order valence-corrected chi connectivity index (χ0v) is 12.9. The summed E-state index contributed by atoms with van der Waals surface area (Å²) in [6, 6.07) is 14.3. The first-order valence-corrected chi connectivity index (χ1v) is 7.13. The predicted molar refractivity (Wildman–Crippen MR) is 84.4 cm³/mol. The first kappa shape index (κ1) is 14.9. The topological polar surface area (TPSA) is 21.3 Å². The third kappa shape index (κ3) is 3.75. The van der Waals surface area contributed by atoms with E-state index in [9.17, 15) is 0 Å². The fraction of sp³-hybridized carbons (Fsp3) is 0.294. The lowest BCUT2D eigenvalue weighted by Gasteiger charge is -2.17. The highest BCUT2D eigenvalue weighted by Crippen LogP contribution is 2.28. The second-order valence-corrected chi connectivity index (χ2v) is 5.40. The van der Waals surface area contributed by atoms with Gasteiger partial charge in [-0.2, -0.15) is 0 Å². The summed E-state index contributed by atoms with van der Waals surface area (Å²) in [5, 5.41) is 3.94. The molecule has 0 aliphatic heterocycles. The standard InChI is InChI=1S/C17H20ClNO/c1-12-4-6-14(7-5-12)11-20-17-9-8-15(18)10-16(17)13(2)19-3/h4-10,13,19H,11H2,1-3H3. The monoisotopic (exact) mass is 289 g/mol. The van der Waals surface area contributed by atoms with Crippen molar-refractivity contribution in [3.05, 3.63) is 64.2 Å². The second-order valence-electron chi connectivity index (χ2n) is 4.97. The van der Waals surface area contributed by atoms with Crippen LogP contribution in [0.3, 0.4) is 0 Å². The molecule has 0 spiro atoms. The van der Waals surface area contributed by atoms with Gasteiger partial charge in [0.1, 0.15) is 12.4 Å². The van der Waals surface area contributed by atoms with E-state index in [1.165, 1.54) is 5.56 Å². The molecule has 0 amide bonds. The lowest BCUT2D eigenvalue weighted by atomic mass is 10.1. The molecule has 0 aliphatic carbocycles. The van der Waals surface area contributed by atoms with Crippen molar-refractivity contribution >= 4 is 11.6 Å². The molecule has 2 aromatic carbocycles. The summed E-state index contributed by atoms with van der Waals surface area (Å²) in [6.07, 6.45) is 0. The zero-order valence-electron chi connectivity index (χ0n) is 12.1. The predicted octanol–water partition coefficient (Wildman–Crippen LogP) is 4.51. The van der Waals surface area contributed by atoms with Crippen LogP contribution in [0.5, 0.6) is 5.75 Å². The van der Waals surface area contributed by atoms with Crippen molar-refractivity contribution in [2.24, 2.45) is 0 Å².